The first-order valence-corrected chi connectivity index (χ1v) is 12.5. The summed E-state index contributed by atoms with van der Waals surface area (Å²) in [5.74, 6) is 1.99. The standard InChI is InChI=1S/C27H26Cl2N2O4/c1-32-26-20(13-31-14-27(15-31)7-8-33-16-27)21(28)12-22(30-26)19-4-2-3-18(25(19)29)17-5-6-23-24(11-17)35-10-9-34-23/h2-6,11-12H,7-10,13-16H2,1H3. The van der Waals surface area contributed by atoms with E-state index in [9.17, 15) is 0 Å². The number of pyridine rings is 1. The summed E-state index contributed by atoms with van der Waals surface area (Å²) in [6, 6.07) is 13.6. The molecule has 0 unspecified atom stereocenters. The smallest absolute Gasteiger partial charge is 0.219 e. The third-order valence-electron chi connectivity index (χ3n) is 7.04. The van der Waals surface area contributed by atoms with Crippen molar-refractivity contribution in [3.8, 4) is 39.8 Å². The minimum atomic E-state index is 0.314. The van der Waals surface area contributed by atoms with Gasteiger partial charge in [0.1, 0.15) is 13.2 Å². The van der Waals surface area contributed by atoms with Crippen LogP contribution in [0.1, 0.15) is 12.0 Å². The Morgan fingerprint density at radius 2 is 1.80 bits per heavy atom. The zero-order chi connectivity index (χ0) is 24.0. The Labute approximate surface area is 214 Å². The van der Waals surface area contributed by atoms with Crippen LogP contribution in [-0.4, -0.2) is 56.5 Å². The molecule has 182 valence electrons. The van der Waals surface area contributed by atoms with Crippen molar-refractivity contribution in [3.05, 3.63) is 58.1 Å². The summed E-state index contributed by atoms with van der Waals surface area (Å²) in [5.41, 5.74) is 4.49. The molecule has 6 nitrogen and oxygen atoms in total. The number of benzene rings is 2. The van der Waals surface area contributed by atoms with Gasteiger partial charge in [0.25, 0.3) is 0 Å². The van der Waals surface area contributed by atoms with Crippen molar-refractivity contribution in [2.24, 2.45) is 5.41 Å². The average Bonchev–Trinajstić information content (AvgIpc) is 3.35. The molecule has 8 heteroatoms. The molecule has 3 aromatic rings. The second kappa shape index (κ2) is 9.17. The second-order valence-electron chi connectivity index (χ2n) is 9.45. The van der Waals surface area contributed by atoms with Gasteiger partial charge in [-0.2, -0.15) is 0 Å². The third-order valence-corrected chi connectivity index (χ3v) is 7.78. The molecule has 0 atom stereocenters. The Bertz CT molecular complexity index is 1270. The zero-order valence-corrected chi connectivity index (χ0v) is 21.0. The third kappa shape index (κ3) is 4.23. The van der Waals surface area contributed by atoms with Gasteiger partial charge in [0, 0.05) is 48.3 Å². The Kier molecular flexibility index (Phi) is 6.01. The van der Waals surface area contributed by atoms with Crippen molar-refractivity contribution < 1.29 is 18.9 Å². The van der Waals surface area contributed by atoms with Crippen LogP contribution in [0.25, 0.3) is 22.4 Å². The largest absolute Gasteiger partial charge is 0.486 e. The quantitative estimate of drug-likeness (QED) is 0.435. The Balaban J connectivity index is 1.30. The average molecular weight is 513 g/mol. The van der Waals surface area contributed by atoms with Crippen LogP contribution in [-0.2, 0) is 11.3 Å². The van der Waals surface area contributed by atoms with Crippen molar-refractivity contribution >= 4 is 23.2 Å². The topological polar surface area (TPSA) is 53.0 Å². The maximum absolute atomic E-state index is 6.92. The fourth-order valence-corrected chi connectivity index (χ4v) is 5.84. The molecule has 3 aliphatic heterocycles. The first-order chi connectivity index (χ1) is 17.0. The van der Waals surface area contributed by atoms with Crippen LogP contribution in [0.5, 0.6) is 17.4 Å². The number of fused-ring (bicyclic) bond motifs is 1. The van der Waals surface area contributed by atoms with E-state index >= 15 is 0 Å². The van der Waals surface area contributed by atoms with Gasteiger partial charge in [-0.1, -0.05) is 47.5 Å². The minimum Gasteiger partial charge on any atom is -0.486 e. The van der Waals surface area contributed by atoms with Crippen LogP contribution >= 0.6 is 23.2 Å². The van der Waals surface area contributed by atoms with E-state index in [0.717, 1.165) is 66.5 Å². The molecule has 2 saturated heterocycles. The van der Waals surface area contributed by atoms with E-state index < -0.39 is 0 Å². The maximum Gasteiger partial charge on any atom is 0.219 e. The van der Waals surface area contributed by atoms with Crippen LogP contribution in [0.3, 0.4) is 0 Å². The van der Waals surface area contributed by atoms with Crippen molar-refractivity contribution in [2.75, 3.05) is 46.6 Å². The summed E-state index contributed by atoms with van der Waals surface area (Å²) >= 11 is 13.7. The molecule has 0 amide bonds. The van der Waals surface area contributed by atoms with Gasteiger partial charge in [0.15, 0.2) is 11.5 Å². The van der Waals surface area contributed by atoms with Crippen molar-refractivity contribution in [1.82, 2.24) is 9.88 Å². The maximum atomic E-state index is 6.92. The van der Waals surface area contributed by atoms with Crippen LogP contribution in [0.2, 0.25) is 10.0 Å². The SMILES string of the molecule is COc1nc(-c2cccc(-c3ccc4c(c3)OCCO4)c2Cl)cc(Cl)c1CN1CC2(CCOC2)C1. The van der Waals surface area contributed by atoms with E-state index in [1.54, 1.807) is 7.11 Å². The van der Waals surface area contributed by atoms with Crippen LogP contribution < -0.4 is 14.2 Å². The highest BCUT2D eigenvalue weighted by molar-refractivity contribution is 6.36. The monoisotopic (exact) mass is 512 g/mol. The van der Waals surface area contributed by atoms with Gasteiger partial charge in [-0.3, -0.25) is 4.90 Å². The lowest BCUT2D eigenvalue weighted by Crippen LogP contribution is -2.56. The number of methoxy groups -OCH3 is 1. The lowest BCUT2D eigenvalue weighted by molar-refractivity contribution is -0.0127. The zero-order valence-electron chi connectivity index (χ0n) is 19.5. The number of halogens is 2. The van der Waals surface area contributed by atoms with Crippen LogP contribution in [0.4, 0.5) is 0 Å². The molecule has 3 aliphatic rings. The van der Waals surface area contributed by atoms with Crippen molar-refractivity contribution in [2.45, 2.75) is 13.0 Å². The molecule has 4 heterocycles. The van der Waals surface area contributed by atoms with E-state index in [0.29, 0.717) is 46.8 Å². The summed E-state index contributed by atoms with van der Waals surface area (Å²) in [5, 5.41) is 1.21. The van der Waals surface area contributed by atoms with Gasteiger partial charge >= 0.3 is 0 Å². The molecule has 0 radical (unpaired) electrons. The predicted molar refractivity (Wildman–Crippen MR) is 136 cm³/mol. The number of rotatable bonds is 5. The molecular formula is C27H26Cl2N2O4. The minimum absolute atomic E-state index is 0.314. The van der Waals surface area contributed by atoms with Crippen molar-refractivity contribution in [1.29, 1.82) is 0 Å². The highest BCUT2D eigenvalue weighted by Crippen LogP contribution is 2.43. The van der Waals surface area contributed by atoms with E-state index in [2.05, 4.69) is 4.90 Å². The first kappa shape index (κ1) is 22.9. The van der Waals surface area contributed by atoms with Crippen LogP contribution in [0.15, 0.2) is 42.5 Å². The normalized spacial score (nSPS) is 18.5. The molecule has 0 aliphatic carbocycles. The Morgan fingerprint density at radius 1 is 1.00 bits per heavy atom. The second-order valence-corrected chi connectivity index (χ2v) is 10.2. The lowest BCUT2D eigenvalue weighted by Gasteiger charge is -2.47. The Morgan fingerprint density at radius 3 is 2.57 bits per heavy atom. The van der Waals surface area contributed by atoms with E-state index in [1.807, 2.05) is 42.5 Å². The molecule has 6 rings (SSSR count). The predicted octanol–water partition coefficient (Wildman–Crippen LogP) is 5.72. The van der Waals surface area contributed by atoms with Gasteiger partial charge in [-0.15, -0.1) is 0 Å². The highest BCUT2D eigenvalue weighted by atomic mass is 35.5. The van der Waals surface area contributed by atoms with Gasteiger partial charge in [0.2, 0.25) is 5.88 Å². The molecule has 0 N–H and O–H groups in total. The molecule has 2 aromatic carbocycles. The van der Waals surface area contributed by atoms with Gasteiger partial charge in [0.05, 0.1) is 29.5 Å². The van der Waals surface area contributed by atoms with Crippen LogP contribution in [0, 0.1) is 5.41 Å². The number of likely N-dealkylation sites (tertiary alicyclic amines) is 1. The number of aromatic nitrogens is 1. The molecule has 1 aromatic heterocycles. The molecule has 1 spiro atoms. The Hall–Kier alpha value is -2.51. The fraction of sp³-hybridized carbons (Fsp3) is 0.370. The molecule has 0 saturated carbocycles. The molecule has 2 fully saturated rings. The summed E-state index contributed by atoms with van der Waals surface area (Å²) < 4.78 is 22.7. The number of ether oxygens (including phenoxy) is 4. The summed E-state index contributed by atoms with van der Waals surface area (Å²) in [4.78, 5) is 7.17. The van der Waals surface area contributed by atoms with Gasteiger partial charge < -0.3 is 18.9 Å². The van der Waals surface area contributed by atoms with Gasteiger partial charge in [-0.05, 0) is 30.2 Å². The number of hydrogen-bond donors (Lipinski definition) is 0. The summed E-state index contributed by atoms with van der Waals surface area (Å²) in [7, 11) is 1.63. The van der Waals surface area contributed by atoms with E-state index in [-0.39, 0.29) is 0 Å². The summed E-state index contributed by atoms with van der Waals surface area (Å²) in [6.07, 6.45) is 1.13. The highest BCUT2D eigenvalue weighted by Gasteiger charge is 2.45. The molecule has 0 bridgehead atoms. The molecule has 35 heavy (non-hydrogen) atoms. The summed E-state index contributed by atoms with van der Waals surface area (Å²) in [6.45, 7) is 5.52. The van der Waals surface area contributed by atoms with E-state index in [1.165, 1.54) is 0 Å². The van der Waals surface area contributed by atoms with Gasteiger partial charge in [-0.25, -0.2) is 4.98 Å². The van der Waals surface area contributed by atoms with E-state index in [4.69, 9.17) is 47.1 Å². The molecular weight excluding hydrogens is 487 g/mol. The lowest BCUT2D eigenvalue weighted by atomic mass is 9.79. The van der Waals surface area contributed by atoms with Crippen molar-refractivity contribution in [3.63, 3.8) is 0 Å². The fourth-order valence-electron chi connectivity index (χ4n) is 5.27. The first-order valence-electron chi connectivity index (χ1n) is 11.8. The number of hydrogen-bond acceptors (Lipinski definition) is 6. The number of nitrogens with zero attached hydrogens (tertiary/aromatic N) is 2.